The number of aliphatic hydroxyl groups excluding tert-OH is 2. The van der Waals surface area contributed by atoms with Crippen molar-refractivity contribution in [3.8, 4) is 0 Å². The van der Waals surface area contributed by atoms with E-state index in [1.807, 2.05) is 92.8 Å². The zero-order valence-electron chi connectivity index (χ0n) is 24.7. The van der Waals surface area contributed by atoms with Gasteiger partial charge < -0.3 is 25.0 Å². The quantitative estimate of drug-likeness (QED) is 0.222. The third-order valence-electron chi connectivity index (χ3n) is 8.23. The number of benzene rings is 3. The summed E-state index contributed by atoms with van der Waals surface area (Å²) in [5.74, 6) is -0.273. The van der Waals surface area contributed by atoms with Crippen LogP contribution in [0.25, 0.3) is 0 Å². The summed E-state index contributed by atoms with van der Waals surface area (Å²) in [5, 5.41) is 23.6. The summed E-state index contributed by atoms with van der Waals surface area (Å²) in [7, 11) is 2.00. The van der Waals surface area contributed by atoms with Crippen molar-refractivity contribution in [1.82, 2.24) is 9.88 Å². The number of carbonyl (C=O) groups excluding carboxylic acids is 1. The lowest BCUT2D eigenvalue weighted by Crippen LogP contribution is -2.46. The maximum absolute atomic E-state index is 12.8. The largest absolute Gasteiger partial charge is 0.392 e. The van der Waals surface area contributed by atoms with Crippen LogP contribution in [0, 0.1) is 5.92 Å². The number of nitrogens with zero attached hydrogens (tertiary/aromatic N) is 2. The van der Waals surface area contributed by atoms with E-state index in [4.69, 9.17) is 9.47 Å². The SMILES string of the molecule is C[C@@H]1[C@H](CN(C)[C@@H](C)[C@H](O)c2ccccc2)O[C@H](c2cccc(NC(=O)c3cccnc3)c2)O[C@@H]1c1ccc(CO)cc1. The molecule has 0 saturated carbocycles. The van der Waals surface area contributed by atoms with Crippen molar-refractivity contribution in [2.45, 2.75) is 51.1 Å². The first-order chi connectivity index (χ1) is 20.8. The van der Waals surface area contributed by atoms with E-state index in [-0.39, 0.29) is 36.7 Å². The van der Waals surface area contributed by atoms with Gasteiger partial charge in [-0.3, -0.25) is 14.7 Å². The van der Waals surface area contributed by atoms with E-state index in [0.29, 0.717) is 17.8 Å². The molecule has 3 N–H and O–H groups in total. The third-order valence-corrected chi connectivity index (χ3v) is 8.23. The topological polar surface area (TPSA) is 104 Å². The molecule has 8 heteroatoms. The number of rotatable bonds is 10. The van der Waals surface area contributed by atoms with Gasteiger partial charge in [-0.1, -0.05) is 73.7 Å². The van der Waals surface area contributed by atoms with Crippen molar-refractivity contribution in [3.63, 3.8) is 0 Å². The van der Waals surface area contributed by atoms with Crippen LogP contribution in [0.4, 0.5) is 5.69 Å². The molecule has 6 atom stereocenters. The smallest absolute Gasteiger partial charge is 0.257 e. The van der Waals surface area contributed by atoms with Gasteiger partial charge in [-0.15, -0.1) is 0 Å². The van der Waals surface area contributed by atoms with Crippen molar-refractivity contribution >= 4 is 11.6 Å². The first-order valence-electron chi connectivity index (χ1n) is 14.6. The number of nitrogens with one attached hydrogen (secondary N) is 1. The number of likely N-dealkylation sites (N-methyl/N-ethyl adjacent to an activating group) is 1. The van der Waals surface area contributed by atoms with Gasteiger partial charge in [0.1, 0.15) is 0 Å². The van der Waals surface area contributed by atoms with Crippen LogP contribution in [0.3, 0.4) is 0 Å². The Kier molecular flexibility index (Phi) is 9.97. The maximum Gasteiger partial charge on any atom is 0.257 e. The molecule has 4 aromatic rings. The molecular weight excluding hydrogens is 542 g/mol. The Balaban J connectivity index is 1.38. The summed E-state index contributed by atoms with van der Waals surface area (Å²) in [6.45, 7) is 4.66. The molecule has 1 aliphatic rings. The first-order valence-corrected chi connectivity index (χ1v) is 14.6. The minimum Gasteiger partial charge on any atom is -0.392 e. The summed E-state index contributed by atoms with van der Waals surface area (Å²) < 4.78 is 13.2. The van der Waals surface area contributed by atoms with Gasteiger partial charge in [0.25, 0.3) is 5.91 Å². The number of ether oxygens (including phenoxy) is 2. The molecule has 0 aliphatic carbocycles. The number of anilines is 1. The zero-order valence-corrected chi connectivity index (χ0v) is 24.7. The van der Waals surface area contributed by atoms with Crippen LogP contribution in [0.2, 0.25) is 0 Å². The molecule has 0 radical (unpaired) electrons. The summed E-state index contributed by atoms with van der Waals surface area (Å²) in [5.41, 5.74) is 4.55. The molecule has 0 spiro atoms. The number of aromatic nitrogens is 1. The fourth-order valence-corrected chi connectivity index (χ4v) is 5.41. The van der Waals surface area contributed by atoms with E-state index in [0.717, 1.165) is 22.3 Å². The third kappa shape index (κ3) is 7.36. The average molecular weight is 582 g/mol. The van der Waals surface area contributed by atoms with Crippen LogP contribution in [0.5, 0.6) is 0 Å². The van der Waals surface area contributed by atoms with E-state index in [1.54, 1.807) is 18.3 Å². The van der Waals surface area contributed by atoms with Crippen molar-refractivity contribution in [1.29, 1.82) is 0 Å². The highest BCUT2D eigenvalue weighted by molar-refractivity contribution is 6.04. The van der Waals surface area contributed by atoms with E-state index in [1.165, 1.54) is 6.20 Å². The lowest BCUT2D eigenvalue weighted by Gasteiger charge is -2.43. The fraction of sp³-hybridized carbons (Fsp3) is 0.314. The Hall–Kier alpha value is -3.92. The maximum atomic E-state index is 12.8. The molecule has 1 amide bonds. The van der Waals surface area contributed by atoms with Crippen LogP contribution >= 0.6 is 0 Å². The van der Waals surface area contributed by atoms with Gasteiger partial charge in [0.15, 0.2) is 6.29 Å². The van der Waals surface area contributed by atoms with Gasteiger partial charge in [0.05, 0.1) is 30.5 Å². The molecule has 1 saturated heterocycles. The van der Waals surface area contributed by atoms with Crippen molar-refractivity contribution in [3.05, 3.63) is 131 Å². The predicted molar refractivity (Wildman–Crippen MR) is 165 cm³/mol. The molecule has 5 rings (SSSR count). The molecule has 0 unspecified atom stereocenters. The Morgan fingerprint density at radius 1 is 0.977 bits per heavy atom. The summed E-state index contributed by atoms with van der Waals surface area (Å²) in [6.07, 6.45) is 1.29. The molecule has 1 aliphatic heterocycles. The highest BCUT2D eigenvalue weighted by Gasteiger charge is 2.39. The lowest BCUT2D eigenvalue weighted by molar-refractivity contribution is -0.276. The van der Waals surface area contributed by atoms with Gasteiger partial charge in [-0.05, 0) is 54.9 Å². The zero-order chi connectivity index (χ0) is 30.3. The molecule has 1 fully saturated rings. The van der Waals surface area contributed by atoms with Crippen LogP contribution in [-0.4, -0.2) is 51.7 Å². The van der Waals surface area contributed by atoms with Crippen molar-refractivity contribution in [2.24, 2.45) is 5.92 Å². The minimum absolute atomic E-state index is 0.0202. The second-order valence-corrected chi connectivity index (χ2v) is 11.2. The van der Waals surface area contributed by atoms with E-state index < -0.39 is 12.4 Å². The molecule has 3 aromatic carbocycles. The van der Waals surface area contributed by atoms with Gasteiger partial charge >= 0.3 is 0 Å². The van der Waals surface area contributed by atoms with E-state index in [9.17, 15) is 15.0 Å². The predicted octanol–water partition coefficient (Wildman–Crippen LogP) is 5.67. The van der Waals surface area contributed by atoms with Crippen molar-refractivity contribution < 1.29 is 24.5 Å². The van der Waals surface area contributed by atoms with E-state index >= 15 is 0 Å². The van der Waals surface area contributed by atoms with E-state index in [2.05, 4.69) is 22.1 Å². The number of hydrogen-bond donors (Lipinski definition) is 3. The molecule has 43 heavy (non-hydrogen) atoms. The summed E-state index contributed by atoms with van der Waals surface area (Å²) in [4.78, 5) is 18.9. The monoisotopic (exact) mass is 581 g/mol. The van der Waals surface area contributed by atoms with Crippen molar-refractivity contribution in [2.75, 3.05) is 18.9 Å². The Morgan fingerprint density at radius 2 is 1.74 bits per heavy atom. The Bertz CT molecular complexity index is 1470. The minimum atomic E-state index is -0.693. The molecule has 224 valence electrons. The summed E-state index contributed by atoms with van der Waals surface area (Å²) in [6, 6.07) is 28.2. The second kappa shape index (κ2) is 14.0. The lowest BCUT2D eigenvalue weighted by atomic mass is 9.89. The molecule has 1 aromatic heterocycles. The van der Waals surface area contributed by atoms with Crippen LogP contribution in [0.15, 0.2) is 103 Å². The number of aliphatic hydroxyl groups is 2. The Labute approximate surface area is 252 Å². The van der Waals surface area contributed by atoms with Crippen LogP contribution in [0.1, 0.15) is 65.0 Å². The standard InChI is InChI=1S/C35H39N3O5/c1-23-31(21-38(3)24(2)32(40)26-9-5-4-6-10-26)42-35(43-33(23)27-16-14-25(22-39)15-17-27)28-11-7-13-30(19-28)37-34(41)29-12-8-18-36-20-29/h4-20,23-24,31-33,35,39-40H,21-22H2,1-3H3,(H,37,41)/t23-,24+,31+,32+,33+,35+/m1/s1. The van der Waals surface area contributed by atoms with Gasteiger partial charge in [-0.2, -0.15) is 0 Å². The fourth-order valence-electron chi connectivity index (χ4n) is 5.41. The number of amides is 1. The number of carbonyl (C=O) groups is 1. The van der Waals surface area contributed by atoms with Gasteiger partial charge in [0.2, 0.25) is 0 Å². The average Bonchev–Trinajstić information content (AvgIpc) is 3.06. The second-order valence-electron chi connectivity index (χ2n) is 11.2. The highest BCUT2D eigenvalue weighted by atomic mass is 16.7. The molecular formula is C35H39N3O5. The highest BCUT2D eigenvalue weighted by Crippen LogP contribution is 2.42. The Morgan fingerprint density at radius 3 is 2.44 bits per heavy atom. The molecule has 8 nitrogen and oxygen atoms in total. The van der Waals surface area contributed by atoms with Crippen LogP contribution < -0.4 is 5.32 Å². The normalized spacial score (nSPS) is 21.7. The molecule has 2 heterocycles. The first kappa shape index (κ1) is 30.5. The van der Waals surface area contributed by atoms with Crippen LogP contribution in [-0.2, 0) is 16.1 Å². The van der Waals surface area contributed by atoms with Gasteiger partial charge in [0, 0.05) is 42.1 Å². The summed E-state index contributed by atoms with van der Waals surface area (Å²) >= 11 is 0. The number of pyridine rings is 1. The van der Waals surface area contributed by atoms with Gasteiger partial charge in [-0.25, -0.2) is 0 Å². The number of hydrogen-bond acceptors (Lipinski definition) is 7. The molecule has 0 bridgehead atoms.